The second kappa shape index (κ2) is 6.37. The molecule has 4 heteroatoms. The minimum absolute atomic E-state index is 0.299. The van der Waals surface area contributed by atoms with Crippen molar-refractivity contribution in [1.82, 2.24) is 0 Å². The smallest absolute Gasteiger partial charge is 0.142 e. The van der Waals surface area contributed by atoms with Gasteiger partial charge in [-0.1, -0.05) is 29.8 Å². The van der Waals surface area contributed by atoms with Crippen molar-refractivity contribution >= 4 is 15.9 Å². The van der Waals surface area contributed by atoms with E-state index in [1.54, 1.807) is 25.3 Å². The van der Waals surface area contributed by atoms with Gasteiger partial charge in [0.2, 0.25) is 0 Å². The Morgan fingerprint density at radius 1 is 1.30 bits per heavy atom. The van der Waals surface area contributed by atoms with E-state index in [9.17, 15) is 4.39 Å². The van der Waals surface area contributed by atoms with Crippen LogP contribution < -0.4 is 10.5 Å². The topological polar surface area (TPSA) is 35.2 Å². The molecule has 20 heavy (non-hydrogen) atoms. The number of rotatable bonds is 4. The van der Waals surface area contributed by atoms with Gasteiger partial charge in [0.05, 0.1) is 11.6 Å². The van der Waals surface area contributed by atoms with Crippen LogP contribution in [0.4, 0.5) is 4.39 Å². The molecular weight excluding hydrogens is 321 g/mol. The van der Waals surface area contributed by atoms with Gasteiger partial charge < -0.3 is 10.5 Å². The van der Waals surface area contributed by atoms with Gasteiger partial charge in [-0.3, -0.25) is 0 Å². The zero-order valence-corrected chi connectivity index (χ0v) is 13.1. The van der Waals surface area contributed by atoms with Crippen molar-refractivity contribution in [2.75, 3.05) is 7.11 Å². The van der Waals surface area contributed by atoms with Gasteiger partial charge in [-0.25, -0.2) is 4.39 Å². The quantitative estimate of drug-likeness (QED) is 0.909. The molecule has 2 rings (SSSR count). The molecular formula is C16H17BrFNO. The third-order valence-electron chi connectivity index (χ3n) is 3.26. The van der Waals surface area contributed by atoms with E-state index in [0.29, 0.717) is 16.5 Å². The Kier molecular flexibility index (Phi) is 4.78. The van der Waals surface area contributed by atoms with E-state index in [4.69, 9.17) is 10.5 Å². The molecule has 0 saturated carbocycles. The summed E-state index contributed by atoms with van der Waals surface area (Å²) in [6.45, 7) is 2.01. The summed E-state index contributed by atoms with van der Waals surface area (Å²) in [6.07, 6.45) is 0.526. The molecule has 0 amide bonds. The Morgan fingerprint density at radius 2 is 2.05 bits per heavy atom. The van der Waals surface area contributed by atoms with Gasteiger partial charge >= 0.3 is 0 Å². The lowest BCUT2D eigenvalue weighted by Crippen LogP contribution is -2.15. The van der Waals surface area contributed by atoms with Gasteiger partial charge in [0.1, 0.15) is 11.6 Å². The van der Waals surface area contributed by atoms with Gasteiger partial charge in [-0.05, 0) is 47.0 Å². The number of ether oxygens (including phenoxy) is 1. The highest BCUT2D eigenvalue weighted by atomic mass is 79.9. The number of hydrogen-bond acceptors (Lipinski definition) is 2. The second-order valence-electron chi connectivity index (χ2n) is 4.77. The summed E-state index contributed by atoms with van der Waals surface area (Å²) in [7, 11) is 1.62. The van der Waals surface area contributed by atoms with Crippen LogP contribution in [0.3, 0.4) is 0 Å². The first-order valence-electron chi connectivity index (χ1n) is 6.36. The monoisotopic (exact) mass is 337 g/mol. The standard InChI is InChI=1S/C16H17BrFNO/c1-10-6-7-15(20-2)11(8-10)9-14(19)12-4-3-5-13(17)16(12)18/h3-8,14H,9,19H2,1-2H3. The fourth-order valence-corrected chi connectivity index (χ4v) is 2.60. The van der Waals surface area contributed by atoms with Crippen molar-refractivity contribution in [2.45, 2.75) is 19.4 Å². The molecule has 2 nitrogen and oxygen atoms in total. The third-order valence-corrected chi connectivity index (χ3v) is 3.87. The number of nitrogens with two attached hydrogens (primary N) is 1. The molecule has 0 radical (unpaired) electrons. The lowest BCUT2D eigenvalue weighted by atomic mass is 9.97. The summed E-state index contributed by atoms with van der Waals surface area (Å²) in [4.78, 5) is 0. The first kappa shape index (κ1) is 15.0. The lowest BCUT2D eigenvalue weighted by Gasteiger charge is -2.16. The highest BCUT2D eigenvalue weighted by molar-refractivity contribution is 9.10. The summed E-state index contributed by atoms with van der Waals surface area (Å²) >= 11 is 3.18. The van der Waals surface area contributed by atoms with Crippen LogP contribution in [0, 0.1) is 12.7 Å². The van der Waals surface area contributed by atoms with Gasteiger partial charge in [0.15, 0.2) is 0 Å². The van der Waals surface area contributed by atoms with Crippen LogP contribution in [-0.4, -0.2) is 7.11 Å². The molecule has 0 aromatic heterocycles. The maximum Gasteiger partial charge on any atom is 0.142 e. The number of hydrogen-bond donors (Lipinski definition) is 1. The zero-order chi connectivity index (χ0) is 14.7. The minimum atomic E-state index is -0.414. The van der Waals surface area contributed by atoms with Crippen molar-refractivity contribution in [3.63, 3.8) is 0 Å². The predicted molar refractivity (Wildman–Crippen MR) is 82.5 cm³/mol. The second-order valence-corrected chi connectivity index (χ2v) is 5.62. The largest absolute Gasteiger partial charge is 0.496 e. The molecule has 0 bridgehead atoms. The Morgan fingerprint density at radius 3 is 2.75 bits per heavy atom. The summed E-state index contributed by atoms with van der Waals surface area (Å²) in [5.74, 6) is 0.480. The average Bonchev–Trinajstić information content (AvgIpc) is 2.42. The molecule has 1 unspecified atom stereocenters. The highest BCUT2D eigenvalue weighted by Crippen LogP contribution is 2.28. The van der Waals surface area contributed by atoms with E-state index in [0.717, 1.165) is 16.9 Å². The molecule has 0 fully saturated rings. The van der Waals surface area contributed by atoms with Gasteiger partial charge in [0, 0.05) is 11.6 Å². The van der Waals surface area contributed by atoms with Crippen molar-refractivity contribution in [2.24, 2.45) is 5.73 Å². The first-order valence-corrected chi connectivity index (χ1v) is 7.15. The summed E-state index contributed by atoms with van der Waals surface area (Å²) in [5.41, 5.74) is 8.77. The van der Waals surface area contributed by atoms with Gasteiger partial charge in [-0.15, -0.1) is 0 Å². The predicted octanol–water partition coefficient (Wildman–Crippen LogP) is 4.15. The zero-order valence-electron chi connectivity index (χ0n) is 11.5. The maximum absolute atomic E-state index is 14.1. The minimum Gasteiger partial charge on any atom is -0.496 e. The molecule has 0 aliphatic rings. The normalized spacial score (nSPS) is 12.2. The molecule has 2 N–H and O–H groups in total. The molecule has 2 aromatic rings. The van der Waals surface area contributed by atoms with E-state index in [-0.39, 0.29) is 5.82 Å². The highest BCUT2D eigenvalue weighted by Gasteiger charge is 2.16. The van der Waals surface area contributed by atoms with Gasteiger partial charge in [0.25, 0.3) is 0 Å². The summed E-state index contributed by atoms with van der Waals surface area (Å²) in [6, 6.07) is 10.7. The number of aryl methyl sites for hydroxylation is 1. The first-order chi connectivity index (χ1) is 9.52. The molecule has 1 atom stereocenters. The number of methoxy groups -OCH3 is 1. The van der Waals surface area contributed by atoms with E-state index in [1.807, 2.05) is 25.1 Å². The van der Waals surface area contributed by atoms with E-state index >= 15 is 0 Å². The summed E-state index contributed by atoms with van der Waals surface area (Å²) in [5, 5.41) is 0. The van der Waals surface area contributed by atoms with Crippen LogP contribution in [0.25, 0.3) is 0 Å². The Bertz CT molecular complexity index is 615. The van der Waals surface area contributed by atoms with Crippen molar-refractivity contribution < 1.29 is 9.13 Å². The van der Waals surface area contributed by atoms with E-state index in [1.165, 1.54) is 0 Å². The lowest BCUT2D eigenvalue weighted by molar-refractivity contribution is 0.407. The van der Waals surface area contributed by atoms with Crippen LogP contribution in [0.2, 0.25) is 0 Å². The molecule has 0 saturated heterocycles. The SMILES string of the molecule is COc1ccc(C)cc1CC(N)c1cccc(Br)c1F. The van der Waals surface area contributed by atoms with E-state index < -0.39 is 6.04 Å². The van der Waals surface area contributed by atoms with Crippen LogP contribution in [0.15, 0.2) is 40.9 Å². The molecule has 0 aliphatic heterocycles. The molecule has 2 aromatic carbocycles. The fraction of sp³-hybridized carbons (Fsp3) is 0.250. The van der Waals surface area contributed by atoms with Crippen LogP contribution >= 0.6 is 15.9 Å². The van der Waals surface area contributed by atoms with Crippen molar-refractivity contribution in [1.29, 1.82) is 0 Å². The average molecular weight is 338 g/mol. The van der Waals surface area contributed by atoms with Crippen LogP contribution in [0.1, 0.15) is 22.7 Å². The van der Waals surface area contributed by atoms with E-state index in [2.05, 4.69) is 15.9 Å². The maximum atomic E-state index is 14.1. The molecule has 0 spiro atoms. The Hall–Kier alpha value is -1.39. The Balaban J connectivity index is 2.30. The fourth-order valence-electron chi connectivity index (χ4n) is 2.22. The Labute approximate surface area is 126 Å². The van der Waals surface area contributed by atoms with Gasteiger partial charge in [-0.2, -0.15) is 0 Å². The molecule has 0 heterocycles. The van der Waals surface area contributed by atoms with Crippen molar-refractivity contribution in [3.8, 4) is 5.75 Å². The number of halogens is 2. The van der Waals surface area contributed by atoms with Crippen molar-refractivity contribution in [3.05, 3.63) is 63.4 Å². The van der Waals surface area contributed by atoms with Crippen LogP contribution in [-0.2, 0) is 6.42 Å². The molecule has 0 aliphatic carbocycles. The number of benzene rings is 2. The molecule has 106 valence electrons. The van der Waals surface area contributed by atoms with Crippen LogP contribution in [0.5, 0.6) is 5.75 Å². The third kappa shape index (κ3) is 3.19. The summed E-state index contributed by atoms with van der Waals surface area (Å²) < 4.78 is 19.8.